The number of nitrogens with two attached hydrogens (primary N) is 1. The number of hydrogen-bond acceptors (Lipinski definition) is 5. The maximum Gasteiger partial charge on any atom is 0.255 e. The molecule has 1 aliphatic carbocycles. The fourth-order valence-electron chi connectivity index (χ4n) is 4.99. The molecule has 7 nitrogen and oxygen atoms in total. The van der Waals surface area contributed by atoms with Crippen LogP contribution in [-0.4, -0.2) is 37.9 Å². The molecule has 1 saturated heterocycles. The number of amides is 1. The predicted molar refractivity (Wildman–Crippen MR) is 120 cm³/mol. The van der Waals surface area contributed by atoms with Gasteiger partial charge in [-0.05, 0) is 77.0 Å². The van der Waals surface area contributed by atoms with Crippen molar-refractivity contribution < 1.29 is 17.9 Å². The van der Waals surface area contributed by atoms with Gasteiger partial charge in [0.25, 0.3) is 5.91 Å². The first-order valence-electron chi connectivity index (χ1n) is 11.2. The zero-order valence-electron chi connectivity index (χ0n) is 18.4. The lowest BCUT2D eigenvalue weighted by atomic mass is 9.91. The molecule has 0 radical (unpaired) electrons. The van der Waals surface area contributed by atoms with Crippen LogP contribution in [0.2, 0.25) is 0 Å². The molecular formula is C23H33N3O4S. The summed E-state index contributed by atoms with van der Waals surface area (Å²) in [5, 5.41) is 12.2. The van der Waals surface area contributed by atoms with Crippen molar-refractivity contribution in [3.05, 3.63) is 40.5 Å². The Morgan fingerprint density at radius 1 is 1.35 bits per heavy atom. The van der Waals surface area contributed by atoms with Crippen LogP contribution in [0.15, 0.2) is 23.8 Å². The van der Waals surface area contributed by atoms with E-state index in [9.17, 15) is 13.2 Å². The van der Waals surface area contributed by atoms with E-state index in [-0.39, 0.29) is 24.4 Å². The van der Waals surface area contributed by atoms with E-state index in [1.807, 2.05) is 13.0 Å². The van der Waals surface area contributed by atoms with Gasteiger partial charge in [-0.25, -0.2) is 13.6 Å². The zero-order valence-corrected chi connectivity index (χ0v) is 19.2. The van der Waals surface area contributed by atoms with Gasteiger partial charge < -0.3 is 15.4 Å². The van der Waals surface area contributed by atoms with E-state index in [1.165, 1.54) is 25.3 Å². The number of primary sulfonamides is 1. The summed E-state index contributed by atoms with van der Waals surface area (Å²) in [6.45, 7) is 4.32. The number of fused-ring (bicyclic) bond motifs is 1. The molecule has 1 fully saturated rings. The summed E-state index contributed by atoms with van der Waals surface area (Å²) in [7, 11) is -3.95. The summed E-state index contributed by atoms with van der Waals surface area (Å²) in [5.41, 5.74) is 3.38. The number of hydrogen-bond donors (Lipinski definition) is 3. The largest absolute Gasteiger partial charge is 0.469 e. The minimum absolute atomic E-state index is 0.0125. The summed E-state index contributed by atoms with van der Waals surface area (Å²) in [6.07, 6.45) is 10.1. The number of ether oxygens (including phenoxy) is 1. The first kappa shape index (κ1) is 22.3. The van der Waals surface area contributed by atoms with Gasteiger partial charge in [0, 0.05) is 24.1 Å². The molecule has 3 unspecified atom stereocenters. The lowest BCUT2D eigenvalue weighted by Crippen LogP contribution is -2.48. The monoisotopic (exact) mass is 447 g/mol. The molecule has 1 aromatic rings. The van der Waals surface area contributed by atoms with Crippen molar-refractivity contribution in [2.45, 2.75) is 82.2 Å². The van der Waals surface area contributed by atoms with Crippen molar-refractivity contribution in [1.29, 1.82) is 0 Å². The van der Waals surface area contributed by atoms with Gasteiger partial charge in [0.05, 0.1) is 5.56 Å². The number of carbonyl (C=O) groups is 1. The SMILES string of the molecule is Cc1cc2c(c(C(=O)NC(CC3=CCCCC3)C3CCCN3)c1)OC(C)(S(N)(=O)=O)C2. The van der Waals surface area contributed by atoms with Gasteiger partial charge in [-0.1, -0.05) is 17.7 Å². The Morgan fingerprint density at radius 3 is 2.81 bits per heavy atom. The van der Waals surface area contributed by atoms with E-state index in [0.717, 1.165) is 44.2 Å². The second-order valence-electron chi connectivity index (χ2n) is 9.35. The molecule has 2 heterocycles. The van der Waals surface area contributed by atoms with Gasteiger partial charge in [0.1, 0.15) is 5.75 Å². The first-order valence-corrected chi connectivity index (χ1v) is 12.8. The highest BCUT2D eigenvalue weighted by atomic mass is 32.2. The number of benzene rings is 1. The van der Waals surface area contributed by atoms with Gasteiger partial charge in [0.2, 0.25) is 15.0 Å². The summed E-state index contributed by atoms with van der Waals surface area (Å²) in [6, 6.07) is 3.86. The van der Waals surface area contributed by atoms with Crippen LogP contribution < -0.4 is 20.5 Å². The molecule has 4 N–H and O–H groups in total. The lowest BCUT2D eigenvalue weighted by Gasteiger charge is -2.28. The molecular weight excluding hydrogens is 414 g/mol. The van der Waals surface area contributed by atoms with Gasteiger partial charge in [-0.3, -0.25) is 4.79 Å². The molecule has 3 atom stereocenters. The number of nitrogens with one attached hydrogen (secondary N) is 2. The van der Waals surface area contributed by atoms with Crippen molar-refractivity contribution in [2.75, 3.05) is 6.54 Å². The Kier molecular flexibility index (Phi) is 6.16. The van der Waals surface area contributed by atoms with Crippen LogP contribution in [0.3, 0.4) is 0 Å². The molecule has 170 valence electrons. The molecule has 0 spiro atoms. The summed E-state index contributed by atoms with van der Waals surface area (Å²) in [4.78, 5) is 11.8. The van der Waals surface area contributed by atoms with Gasteiger partial charge >= 0.3 is 0 Å². The average molecular weight is 448 g/mol. The molecule has 1 amide bonds. The third-order valence-corrected chi connectivity index (χ3v) is 8.19. The van der Waals surface area contributed by atoms with E-state index in [4.69, 9.17) is 9.88 Å². The molecule has 0 aromatic heterocycles. The standard InChI is InChI=1S/C23H33N3O4S/c1-15-11-17-14-23(2,31(24,28)29)30-21(17)18(12-15)22(27)26-20(19-9-6-10-25-19)13-16-7-4-3-5-8-16/h7,11-12,19-20,25H,3-6,8-10,13-14H2,1-2H3,(H,26,27)(H2,24,28,29). The van der Waals surface area contributed by atoms with E-state index in [0.29, 0.717) is 16.9 Å². The van der Waals surface area contributed by atoms with Crippen LogP contribution in [0.1, 0.15) is 73.4 Å². The summed E-state index contributed by atoms with van der Waals surface area (Å²) < 4.78 is 30.0. The highest BCUT2D eigenvalue weighted by molar-refractivity contribution is 7.90. The van der Waals surface area contributed by atoms with E-state index >= 15 is 0 Å². The van der Waals surface area contributed by atoms with E-state index in [1.54, 1.807) is 6.07 Å². The van der Waals surface area contributed by atoms with Crippen molar-refractivity contribution in [3.8, 4) is 5.75 Å². The van der Waals surface area contributed by atoms with E-state index < -0.39 is 15.0 Å². The van der Waals surface area contributed by atoms with Crippen LogP contribution in [0.25, 0.3) is 0 Å². The molecule has 0 bridgehead atoms. The Bertz CT molecular complexity index is 998. The van der Waals surface area contributed by atoms with Crippen molar-refractivity contribution >= 4 is 15.9 Å². The molecule has 31 heavy (non-hydrogen) atoms. The van der Waals surface area contributed by atoms with Gasteiger partial charge in [-0.15, -0.1) is 0 Å². The van der Waals surface area contributed by atoms with Crippen LogP contribution in [-0.2, 0) is 16.4 Å². The Labute approximate surface area is 184 Å². The lowest BCUT2D eigenvalue weighted by molar-refractivity contribution is 0.0921. The number of sulfonamides is 1. The quantitative estimate of drug-likeness (QED) is 0.581. The van der Waals surface area contributed by atoms with Crippen LogP contribution in [0, 0.1) is 6.92 Å². The minimum atomic E-state index is -3.95. The minimum Gasteiger partial charge on any atom is -0.469 e. The molecule has 4 rings (SSSR count). The summed E-state index contributed by atoms with van der Waals surface area (Å²) in [5.74, 6) is 0.100. The predicted octanol–water partition coefficient (Wildman–Crippen LogP) is 2.68. The van der Waals surface area contributed by atoms with Crippen molar-refractivity contribution in [3.63, 3.8) is 0 Å². The number of aryl methyl sites for hydroxylation is 1. The van der Waals surface area contributed by atoms with Crippen molar-refractivity contribution in [1.82, 2.24) is 10.6 Å². The normalized spacial score (nSPS) is 26.7. The average Bonchev–Trinajstić information content (AvgIpc) is 3.35. The van der Waals surface area contributed by atoms with Gasteiger partial charge in [0.15, 0.2) is 0 Å². The topological polar surface area (TPSA) is 111 Å². The molecule has 2 aliphatic heterocycles. The van der Waals surface area contributed by atoms with Crippen LogP contribution >= 0.6 is 0 Å². The molecule has 1 aromatic carbocycles. The highest BCUT2D eigenvalue weighted by Crippen LogP contribution is 2.40. The molecule has 8 heteroatoms. The Morgan fingerprint density at radius 2 is 2.16 bits per heavy atom. The van der Waals surface area contributed by atoms with Crippen molar-refractivity contribution in [2.24, 2.45) is 5.14 Å². The maximum atomic E-state index is 13.4. The fourth-order valence-corrected chi connectivity index (χ4v) is 5.55. The molecule has 0 saturated carbocycles. The second-order valence-corrected chi connectivity index (χ2v) is 11.3. The van der Waals surface area contributed by atoms with E-state index in [2.05, 4.69) is 16.7 Å². The van der Waals surface area contributed by atoms with Crippen LogP contribution in [0.5, 0.6) is 5.75 Å². The smallest absolute Gasteiger partial charge is 0.255 e. The summed E-state index contributed by atoms with van der Waals surface area (Å²) >= 11 is 0. The Balaban J connectivity index is 1.59. The third-order valence-electron chi connectivity index (χ3n) is 6.75. The highest BCUT2D eigenvalue weighted by Gasteiger charge is 2.46. The molecule has 3 aliphatic rings. The third kappa shape index (κ3) is 4.66. The number of carbonyl (C=O) groups excluding carboxylic acids is 1. The van der Waals surface area contributed by atoms with Gasteiger partial charge in [-0.2, -0.15) is 0 Å². The first-order chi connectivity index (χ1) is 14.7. The Hall–Kier alpha value is -1.90. The fraction of sp³-hybridized carbons (Fsp3) is 0.609. The second kappa shape index (κ2) is 8.56. The number of allylic oxidation sites excluding steroid dienone is 1. The maximum absolute atomic E-state index is 13.4. The van der Waals surface area contributed by atoms with Crippen LogP contribution in [0.4, 0.5) is 0 Å². The number of rotatable bonds is 6. The zero-order chi connectivity index (χ0) is 22.2.